The van der Waals surface area contributed by atoms with E-state index in [-0.39, 0.29) is 11.4 Å². The van der Waals surface area contributed by atoms with E-state index >= 15 is 0 Å². The largest absolute Gasteiger partial charge is 0.497 e. The number of alkyl halides is 3. The fourth-order valence-corrected chi connectivity index (χ4v) is 3.30. The van der Waals surface area contributed by atoms with E-state index in [2.05, 4.69) is 20.8 Å². The van der Waals surface area contributed by atoms with Gasteiger partial charge in [-0.25, -0.2) is 0 Å². The number of ether oxygens (including phenoxy) is 1. The Morgan fingerprint density at radius 3 is 2.76 bits per heavy atom. The minimum absolute atomic E-state index is 0.0665. The third-order valence-corrected chi connectivity index (χ3v) is 4.86. The first kappa shape index (κ1) is 20.9. The Bertz CT molecular complexity index is 1030. The number of nitrogens with one attached hydrogen (secondary N) is 1. The molecule has 1 aromatic heterocycles. The number of nitrogens with zero attached hydrogens (tertiary/aromatic N) is 4. The van der Waals surface area contributed by atoms with Crippen molar-refractivity contribution in [3.63, 3.8) is 0 Å². The number of hydrogen-bond acceptors (Lipinski definition) is 6. The molecule has 3 aromatic rings. The lowest BCUT2D eigenvalue weighted by Crippen LogP contribution is -2.15. The van der Waals surface area contributed by atoms with Crippen LogP contribution in [0, 0.1) is 0 Å². The highest BCUT2D eigenvalue weighted by atomic mass is 35.5. The molecule has 1 N–H and O–H groups in total. The molecule has 1 amide bonds. The van der Waals surface area contributed by atoms with Gasteiger partial charge in [0.15, 0.2) is 0 Å². The summed E-state index contributed by atoms with van der Waals surface area (Å²) in [5.74, 6) is 0.0973. The maximum Gasteiger partial charge on any atom is 0.417 e. The third kappa shape index (κ3) is 5.18. The standard InChI is InChI=1S/C17H13ClF3N5O2S/c1-28-12-4-2-3-11(8-12)26-16(23-24-25-26)29-9-15(27)22-10-5-6-13(14(18)7-10)17(19,20)21/h2-8H,9H2,1H3,(H,22,27). The highest BCUT2D eigenvalue weighted by molar-refractivity contribution is 7.99. The van der Waals surface area contributed by atoms with Gasteiger partial charge in [0.25, 0.3) is 0 Å². The number of thioether (sulfide) groups is 1. The summed E-state index contributed by atoms with van der Waals surface area (Å²) in [6, 6.07) is 10.0. The zero-order valence-electron chi connectivity index (χ0n) is 14.8. The quantitative estimate of drug-likeness (QED) is 0.578. The monoisotopic (exact) mass is 443 g/mol. The third-order valence-electron chi connectivity index (χ3n) is 3.63. The molecule has 0 aliphatic rings. The number of anilines is 1. The van der Waals surface area contributed by atoms with Crippen molar-refractivity contribution >= 4 is 35.0 Å². The van der Waals surface area contributed by atoms with Gasteiger partial charge >= 0.3 is 6.18 Å². The molecule has 0 saturated heterocycles. The summed E-state index contributed by atoms with van der Waals surface area (Å²) in [4.78, 5) is 12.2. The van der Waals surface area contributed by atoms with Gasteiger partial charge in [0.05, 0.1) is 29.1 Å². The Morgan fingerprint density at radius 1 is 1.28 bits per heavy atom. The van der Waals surface area contributed by atoms with Crippen LogP contribution < -0.4 is 10.1 Å². The first-order chi connectivity index (χ1) is 13.8. The van der Waals surface area contributed by atoms with E-state index in [1.54, 1.807) is 24.3 Å². The minimum atomic E-state index is -4.56. The predicted octanol–water partition coefficient (Wildman–Crippen LogP) is 4.07. The van der Waals surface area contributed by atoms with Crippen molar-refractivity contribution in [3.05, 3.63) is 53.1 Å². The van der Waals surface area contributed by atoms with Gasteiger partial charge in [0.2, 0.25) is 11.1 Å². The molecule has 0 bridgehead atoms. The molecular weight excluding hydrogens is 431 g/mol. The lowest BCUT2D eigenvalue weighted by molar-refractivity contribution is -0.137. The number of amides is 1. The van der Waals surface area contributed by atoms with E-state index in [1.807, 2.05) is 0 Å². The topological polar surface area (TPSA) is 81.9 Å². The summed E-state index contributed by atoms with van der Waals surface area (Å²) in [5, 5.41) is 13.7. The highest BCUT2D eigenvalue weighted by Gasteiger charge is 2.33. The van der Waals surface area contributed by atoms with Crippen LogP contribution in [0.2, 0.25) is 5.02 Å². The van der Waals surface area contributed by atoms with Crippen molar-refractivity contribution in [2.24, 2.45) is 0 Å². The SMILES string of the molecule is COc1cccc(-n2nnnc2SCC(=O)Nc2ccc(C(F)(F)F)c(Cl)c2)c1. The summed E-state index contributed by atoms with van der Waals surface area (Å²) in [6.45, 7) is 0. The number of carbonyl (C=O) groups is 1. The predicted molar refractivity (Wildman–Crippen MR) is 102 cm³/mol. The number of benzene rings is 2. The summed E-state index contributed by atoms with van der Waals surface area (Å²) in [6.07, 6.45) is -4.56. The van der Waals surface area contributed by atoms with Crippen molar-refractivity contribution in [2.75, 3.05) is 18.2 Å². The highest BCUT2D eigenvalue weighted by Crippen LogP contribution is 2.35. The zero-order chi connectivity index (χ0) is 21.0. The molecule has 1 heterocycles. The van der Waals surface area contributed by atoms with Crippen LogP contribution in [0.4, 0.5) is 18.9 Å². The number of tetrazole rings is 1. The van der Waals surface area contributed by atoms with Crippen LogP contribution in [0.1, 0.15) is 5.56 Å². The lowest BCUT2D eigenvalue weighted by atomic mass is 10.2. The molecular formula is C17H13ClF3N5O2S. The van der Waals surface area contributed by atoms with Gasteiger partial charge in [0.1, 0.15) is 5.75 Å². The minimum Gasteiger partial charge on any atom is -0.497 e. The molecule has 0 fully saturated rings. The van der Waals surface area contributed by atoms with Gasteiger partial charge in [0, 0.05) is 11.8 Å². The molecule has 0 spiro atoms. The van der Waals surface area contributed by atoms with Crippen molar-refractivity contribution in [1.29, 1.82) is 0 Å². The van der Waals surface area contributed by atoms with Crippen LogP contribution in [0.5, 0.6) is 5.75 Å². The van der Waals surface area contributed by atoms with E-state index < -0.39 is 22.7 Å². The molecule has 2 aromatic carbocycles. The first-order valence-electron chi connectivity index (χ1n) is 8.00. The van der Waals surface area contributed by atoms with Crippen molar-refractivity contribution < 1.29 is 22.7 Å². The van der Waals surface area contributed by atoms with E-state index in [0.717, 1.165) is 30.0 Å². The summed E-state index contributed by atoms with van der Waals surface area (Å²) in [5.41, 5.74) is -0.170. The molecule has 0 unspecified atom stereocenters. The molecule has 0 radical (unpaired) electrons. The van der Waals surface area contributed by atoms with Crippen molar-refractivity contribution in [1.82, 2.24) is 20.2 Å². The van der Waals surface area contributed by atoms with Crippen LogP contribution >= 0.6 is 23.4 Å². The summed E-state index contributed by atoms with van der Waals surface area (Å²) in [7, 11) is 1.53. The Morgan fingerprint density at radius 2 is 2.07 bits per heavy atom. The van der Waals surface area contributed by atoms with Crippen LogP contribution in [0.15, 0.2) is 47.6 Å². The Hall–Kier alpha value is -2.79. The molecule has 3 rings (SSSR count). The van der Waals surface area contributed by atoms with Gasteiger partial charge in [-0.05, 0) is 40.8 Å². The van der Waals surface area contributed by atoms with E-state index in [4.69, 9.17) is 16.3 Å². The zero-order valence-corrected chi connectivity index (χ0v) is 16.3. The lowest BCUT2D eigenvalue weighted by Gasteiger charge is -2.11. The Balaban J connectivity index is 1.65. The average Bonchev–Trinajstić information content (AvgIpc) is 3.14. The number of halogens is 4. The van der Waals surface area contributed by atoms with Crippen molar-refractivity contribution in [3.8, 4) is 11.4 Å². The number of hydrogen-bond donors (Lipinski definition) is 1. The molecule has 7 nitrogen and oxygen atoms in total. The molecule has 29 heavy (non-hydrogen) atoms. The molecule has 152 valence electrons. The van der Waals surface area contributed by atoms with Gasteiger partial charge in [-0.3, -0.25) is 4.79 Å². The smallest absolute Gasteiger partial charge is 0.417 e. The molecule has 0 aliphatic carbocycles. The average molecular weight is 444 g/mol. The normalized spacial score (nSPS) is 11.3. The van der Waals surface area contributed by atoms with E-state index in [1.165, 1.54) is 11.8 Å². The number of rotatable bonds is 6. The molecule has 0 aliphatic heterocycles. The van der Waals surface area contributed by atoms with Crippen molar-refractivity contribution in [2.45, 2.75) is 11.3 Å². The second-order valence-corrected chi connectivity index (χ2v) is 6.95. The second-order valence-electron chi connectivity index (χ2n) is 5.60. The summed E-state index contributed by atoms with van der Waals surface area (Å²) < 4.78 is 44.8. The Labute approximate surface area is 172 Å². The van der Waals surface area contributed by atoms with E-state index in [9.17, 15) is 18.0 Å². The van der Waals surface area contributed by atoms with Gasteiger partial charge < -0.3 is 10.1 Å². The maximum absolute atomic E-state index is 12.7. The molecule has 12 heteroatoms. The van der Waals surface area contributed by atoms with Gasteiger partial charge in [-0.15, -0.1) is 5.10 Å². The van der Waals surface area contributed by atoms with Crippen LogP contribution in [-0.4, -0.2) is 39.0 Å². The second kappa shape index (κ2) is 8.70. The molecule has 0 atom stereocenters. The fraction of sp³-hybridized carbons (Fsp3) is 0.176. The van der Waals surface area contributed by atoms with E-state index in [0.29, 0.717) is 16.6 Å². The van der Waals surface area contributed by atoms with Gasteiger partial charge in [-0.2, -0.15) is 17.9 Å². The fourth-order valence-electron chi connectivity index (χ4n) is 2.32. The van der Waals surface area contributed by atoms with Crippen LogP contribution in [0.25, 0.3) is 5.69 Å². The van der Waals surface area contributed by atoms with Crippen LogP contribution in [-0.2, 0) is 11.0 Å². The molecule has 0 saturated carbocycles. The van der Waals surface area contributed by atoms with Gasteiger partial charge in [-0.1, -0.05) is 29.4 Å². The van der Waals surface area contributed by atoms with Crippen LogP contribution in [0.3, 0.4) is 0 Å². The number of methoxy groups -OCH3 is 1. The Kier molecular flexibility index (Phi) is 6.28. The number of carbonyl (C=O) groups excluding carboxylic acids is 1. The maximum atomic E-state index is 12.7. The summed E-state index contributed by atoms with van der Waals surface area (Å²) >= 11 is 6.71. The number of aromatic nitrogens is 4. The first-order valence-corrected chi connectivity index (χ1v) is 9.36.